The van der Waals surface area contributed by atoms with Gasteiger partial charge in [0.25, 0.3) is 0 Å². The van der Waals surface area contributed by atoms with Gasteiger partial charge in [0.2, 0.25) is 0 Å². The number of benzene rings is 2. The molecule has 0 radical (unpaired) electrons. The molecule has 2 aromatic heterocycles. The van der Waals surface area contributed by atoms with Crippen molar-refractivity contribution in [1.82, 2.24) is 14.3 Å². The number of nitrogens with one attached hydrogen (secondary N) is 1. The number of nitrogens with zero attached hydrogens (tertiary/aromatic N) is 4. The van der Waals surface area contributed by atoms with Crippen molar-refractivity contribution in [1.29, 1.82) is 0 Å². The molecule has 188 valence electrons. The van der Waals surface area contributed by atoms with Crippen LogP contribution in [0.1, 0.15) is 44.5 Å². The molecule has 1 saturated heterocycles. The molecule has 1 aliphatic heterocycles. The van der Waals surface area contributed by atoms with E-state index in [0.717, 1.165) is 54.2 Å². The summed E-state index contributed by atoms with van der Waals surface area (Å²) in [7, 11) is 4.01. The van der Waals surface area contributed by atoms with Crippen LogP contribution in [0.4, 0.5) is 16.2 Å². The minimum atomic E-state index is -0.0512. The molecular formula is C30H37N5O. The molecule has 1 unspecified atom stereocenters. The van der Waals surface area contributed by atoms with Crippen LogP contribution in [0.5, 0.6) is 0 Å². The average Bonchev–Trinajstić information content (AvgIpc) is 3.28. The number of urea groups is 1. The number of fused-ring (bicyclic) bond motifs is 1. The molecule has 36 heavy (non-hydrogen) atoms. The standard InChI is InChI=1S/C29H33N5O.CH4/c1-4-21-10-5-6-12-25(21)27-26-13-7-8-19-34(26)28(31-27)22-11-9-18-33(20-22)29(35)30-23-14-16-24(17-15-23)32(2)3;/h5-8,10,12-17,19,22H,4,9,11,18,20H2,1-3H3,(H,30,35);1H4. The second-order valence-corrected chi connectivity index (χ2v) is 9.44. The summed E-state index contributed by atoms with van der Waals surface area (Å²) in [5, 5.41) is 3.07. The Morgan fingerprint density at radius 2 is 1.81 bits per heavy atom. The van der Waals surface area contributed by atoms with E-state index >= 15 is 0 Å². The van der Waals surface area contributed by atoms with Crippen molar-refractivity contribution in [2.45, 2.75) is 39.5 Å². The number of hydrogen-bond acceptors (Lipinski definition) is 3. The molecule has 2 amide bonds. The Bertz CT molecular complexity index is 1320. The number of piperidine rings is 1. The molecule has 4 aromatic rings. The highest BCUT2D eigenvalue weighted by Gasteiger charge is 2.29. The summed E-state index contributed by atoms with van der Waals surface area (Å²) in [6.07, 6.45) is 5.04. The molecular weight excluding hydrogens is 446 g/mol. The van der Waals surface area contributed by atoms with E-state index in [4.69, 9.17) is 4.98 Å². The van der Waals surface area contributed by atoms with Crippen LogP contribution in [0.3, 0.4) is 0 Å². The zero-order chi connectivity index (χ0) is 24.4. The van der Waals surface area contributed by atoms with Crippen LogP contribution < -0.4 is 10.2 Å². The number of likely N-dealkylation sites (tertiary alicyclic amines) is 1. The molecule has 1 fully saturated rings. The lowest BCUT2D eigenvalue weighted by Gasteiger charge is -2.32. The van der Waals surface area contributed by atoms with Gasteiger partial charge in [-0.2, -0.15) is 0 Å². The van der Waals surface area contributed by atoms with Crippen molar-refractivity contribution in [2.24, 2.45) is 0 Å². The summed E-state index contributed by atoms with van der Waals surface area (Å²) in [4.78, 5) is 22.3. The van der Waals surface area contributed by atoms with Gasteiger partial charge in [0, 0.05) is 56.2 Å². The van der Waals surface area contributed by atoms with Gasteiger partial charge in [-0.3, -0.25) is 0 Å². The number of anilines is 2. The SMILES string of the molecule is C.CCc1ccccc1-c1nc(C2CCCN(C(=O)Nc3ccc(N(C)C)cc3)C2)n2ccccc12. The number of carbonyl (C=O) groups is 1. The first-order valence-electron chi connectivity index (χ1n) is 12.4. The third-order valence-corrected chi connectivity index (χ3v) is 6.94. The zero-order valence-electron chi connectivity index (χ0n) is 20.7. The molecule has 1 N–H and O–H groups in total. The van der Waals surface area contributed by atoms with Gasteiger partial charge in [-0.1, -0.05) is 44.7 Å². The van der Waals surface area contributed by atoms with Crippen LogP contribution >= 0.6 is 0 Å². The van der Waals surface area contributed by atoms with Crippen molar-refractivity contribution in [3.8, 4) is 11.3 Å². The summed E-state index contributed by atoms with van der Waals surface area (Å²) in [5.41, 5.74) is 6.55. The number of aryl methyl sites for hydroxylation is 1. The van der Waals surface area contributed by atoms with Gasteiger partial charge in [-0.25, -0.2) is 9.78 Å². The van der Waals surface area contributed by atoms with E-state index in [9.17, 15) is 4.79 Å². The highest BCUT2D eigenvalue weighted by atomic mass is 16.2. The van der Waals surface area contributed by atoms with Gasteiger partial charge >= 0.3 is 6.03 Å². The predicted molar refractivity (Wildman–Crippen MR) is 150 cm³/mol. The summed E-state index contributed by atoms with van der Waals surface area (Å²) in [6.45, 7) is 3.60. The van der Waals surface area contributed by atoms with E-state index in [1.165, 1.54) is 11.1 Å². The number of aromatic nitrogens is 2. The lowest BCUT2D eigenvalue weighted by molar-refractivity contribution is 0.191. The quantitative estimate of drug-likeness (QED) is 0.345. The van der Waals surface area contributed by atoms with Crippen molar-refractivity contribution in [3.05, 3.63) is 84.3 Å². The Balaban J connectivity index is 0.00000304. The van der Waals surface area contributed by atoms with Gasteiger partial charge in [-0.15, -0.1) is 0 Å². The fourth-order valence-corrected chi connectivity index (χ4v) is 5.03. The van der Waals surface area contributed by atoms with Crippen molar-refractivity contribution >= 4 is 22.9 Å². The number of pyridine rings is 1. The number of imidazole rings is 1. The van der Waals surface area contributed by atoms with Crippen LogP contribution in [-0.2, 0) is 6.42 Å². The van der Waals surface area contributed by atoms with Gasteiger partial charge in [0.05, 0.1) is 11.2 Å². The Morgan fingerprint density at radius 1 is 1.06 bits per heavy atom. The Kier molecular flexibility index (Phi) is 7.63. The number of carbonyl (C=O) groups excluding carboxylic acids is 1. The van der Waals surface area contributed by atoms with Crippen molar-refractivity contribution in [3.63, 3.8) is 0 Å². The van der Waals surface area contributed by atoms with E-state index in [2.05, 4.69) is 65.3 Å². The van der Waals surface area contributed by atoms with Crippen LogP contribution in [0.25, 0.3) is 16.8 Å². The van der Waals surface area contributed by atoms with Gasteiger partial charge in [-0.05, 0) is 61.2 Å². The third-order valence-electron chi connectivity index (χ3n) is 6.94. The maximum absolute atomic E-state index is 13.1. The molecule has 0 bridgehead atoms. The fourth-order valence-electron chi connectivity index (χ4n) is 5.03. The van der Waals surface area contributed by atoms with Gasteiger partial charge < -0.3 is 19.5 Å². The normalized spacial score (nSPS) is 15.4. The van der Waals surface area contributed by atoms with Crippen LogP contribution in [0, 0.1) is 0 Å². The zero-order valence-corrected chi connectivity index (χ0v) is 20.7. The molecule has 6 heteroatoms. The molecule has 1 aliphatic rings. The van der Waals surface area contributed by atoms with Crippen LogP contribution in [-0.4, -0.2) is 47.5 Å². The molecule has 2 aromatic carbocycles. The largest absolute Gasteiger partial charge is 0.378 e. The molecule has 0 spiro atoms. The predicted octanol–water partition coefficient (Wildman–Crippen LogP) is 6.68. The maximum Gasteiger partial charge on any atom is 0.321 e. The summed E-state index contributed by atoms with van der Waals surface area (Å²) >= 11 is 0. The molecule has 6 nitrogen and oxygen atoms in total. The summed E-state index contributed by atoms with van der Waals surface area (Å²) < 4.78 is 2.22. The second-order valence-electron chi connectivity index (χ2n) is 9.44. The molecule has 5 rings (SSSR count). The summed E-state index contributed by atoms with van der Waals surface area (Å²) in [6, 6.07) is 22.7. The highest BCUT2D eigenvalue weighted by Crippen LogP contribution is 2.33. The molecule has 1 atom stereocenters. The van der Waals surface area contributed by atoms with Gasteiger partial charge in [0.15, 0.2) is 0 Å². The second kappa shape index (κ2) is 10.9. The molecule has 0 saturated carbocycles. The first-order valence-corrected chi connectivity index (χ1v) is 12.4. The molecule has 3 heterocycles. The van der Waals surface area contributed by atoms with Crippen LogP contribution in [0.2, 0.25) is 0 Å². The van der Waals surface area contributed by atoms with E-state index < -0.39 is 0 Å². The minimum absolute atomic E-state index is 0. The Labute approximate surface area is 214 Å². The summed E-state index contributed by atoms with van der Waals surface area (Å²) in [5.74, 6) is 1.22. The topological polar surface area (TPSA) is 52.9 Å². The smallest absolute Gasteiger partial charge is 0.321 e. The van der Waals surface area contributed by atoms with E-state index in [1.54, 1.807) is 0 Å². The fraction of sp³-hybridized carbons (Fsp3) is 0.333. The lowest BCUT2D eigenvalue weighted by atomic mass is 9.97. The Hall–Kier alpha value is -3.80. The first kappa shape index (κ1) is 25.3. The average molecular weight is 484 g/mol. The maximum atomic E-state index is 13.1. The van der Waals surface area contributed by atoms with Gasteiger partial charge in [0.1, 0.15) is 5.82 Å². The number of amides is 2. The van der Waals surface area contributed by atoms with Crippen molar-refractivity contribution < 1.29 is 4.79 Å². The number of rotatable bonds is 5. The lowest BCUT2D eigenvalue weighted by Crippen LogP contribution is -2.42. The number of hydrogen-bond donors (Lipinski definition) is 1. The van der Waals surface area contributed by atoms with E-state index in [0.29, 0.717) is 6.54 Å². The van der Waals surface area contributed by atoms with E-state index in [-0.39, 0.29) is 19.4 Å². The monoisotopic (exact) mass is 483 g/mol. The highest BCUT2D eigenvalue weighted by molar-refractivity contribution is 5.89. The molecule has 0 aliphatic carbocycles. The minimum Gasteiger partial charge on any atom is -0.378 e. The van der Waals surface area contributed by atoms with E-state index in [1.807, 2.05) is 48.2 Å². The van der Waals surface area contributed by atoms with Crippen molar-refractivity contribution in [2.75, 3.05) is 37.4 Å². The Morgan fingerprint density at radius 3 is 2.56 bits per heavy atom. The first-order chi connectivity index (χ1) is 17.0. The third kappa shape index (κ3) is 4.94. The van der Waals surface area contributed by atoms with Crippen LogP contribution in [0.15, 0.2) is 72.9 Å².